The third-order valence-electron chi connectivity index (χ3n) is 2.63. The maximum atomic E-state index is 13.4. The van der Waals surface area contributed by atoms with E-state index in [1.165, 1.54) is 12.1 Å². The molecule has 1 aliphatic heterocycles. The molecule has 1 aromatic carbocycles. The van der Waals surface area contributed by atoms with E-state index < -0.39 is 11.6 Å². The van der Waals surface area contributed by atoms with Gasteiger partial charge in [-0.15, -0.1) is 0 Å². The third-order valence-corrected chi connectivity index (χ3v) is 2.63. The van der Waals surface area contributed by atoms with Gasteiger partial charge in [-0.3, -0.25) is 0 Å². The average Bonchev–Trinajstić information content (AvgIpc) is 2.71. The van der Waals surface area contributed by atoms with Crippen LogP contribution < -0.4 is 0 Å². The van der Waals surface area contributed by atoms with E-state index in [-0.39, 0.29) is 17.5 Å². The molecule has 0 radical (unpaired) electrons. The van der Waals surface area contributed by atoms with Crippen LogP contribution in [0.2, 0.25) is 0 Å². The molecule has 0 saturated carbocycles. The molecule has 0 N–H and O–H groups in total. The summed E-state index contributed by atoms with van der Waals surface area (Å²) in [4.78, 5) is 4.25. The molecule has 2 nitrogen and oxygen atoms in total. The van der Waals surface area contributed by atoms with Crippen molar-refractivity contribution >= 4 is 5.90 Å². The zero-order chi connectivity index (χ0) is 11.7. The summed E-state index contributed by atoms with van der Waals surface area (Å²) < 4.78 is 31.7. The molecule has 1 aromatic rings. The van der Waals surface area contributed by atoms with Crippen molar-refractivity contribution in [2.24, 2.45) is 10.9 Å². The molecule has 0 spiro atoms. The lowest BCUT2D eigenvalue weighted by molar-refractivity contribution is 0.291. The number of rotatable bonds is 2. The van der Waals surface area contributed by atoms with Crippen LogP contribution >= 0.6 is 0 Å². The highest BCUT2D eigenvalue weighted by Crippen LogP contribution is 2.20. The van der Waals surface area contributed by atoms with Crippen LogP contribution in [0.5, 0.6) is 0 Å². The monoisotopic (exact) mass is 225 g/mol. The molecule has 2 rings (SSSR count). The minimum absolute atomic E-state index is 0.0256. The zero-order valence-corrected chi connectivity index (χ0v) is 9.21. The van der Waals surface area contributed by atoms with Crippen LogP contribution in [0.25, 0.3) is 0 Å². The molecular formula is C12H13F2NO. The molecular weight excluding hydrogens is 212 g/mol. The first-order chi connectivity index (χ1) is 7.59. The van der Waals surface area contributed by atoms with Gasteiger partial charge in [0.25, 0.3) is 0 Å². The van der Waals surface area contributed by atoms with Gasteiger partial charge in [-0.1, -0.05) is 19.9 Å². The number of nitrogens with zero attached hydrogens (tertiary/aromatic N) is 1. The second-order valence-corrected chi connectivity index (χ2v) is 4.16. The van der Waals surface area contributed by atoms with Crippen molar-refractivity contribution in [3.8, 4) is 0 Å². The lowest BCUT2D eigenvalue weighted by atomic mass is 10.1. The quantitative estimate of drug-likeness (QED) is 0.758. The summed E-state index contributed by atoms with van der Waals surface area (Å²) in [5.41, 5.74) is 0.100. The van der Waals surface area contributed by atoms with Gasteiger partial charge in [0.05, 0.1) is 11.6 Å². The van der Waals surface area contributed by atoms with E-state index in [9.17, 15) is 8.78 Å². The van der Waals surface area contributed by atoms with Crippen molar-refractivity contribution in [3.05, 3.63) is 35.4 Å². The van der Waals surface area contributed by atoms with E-state index in [0.717, 1.165) is 6.07 Å². The fraction of sp³-hybridized carbons (Fsp3) is 0.417. The molecule has 1 aliphatic rings. The largest absolute Gasteiger partial charge is 0.475 e. The van der Waals surface area contributed by atoms with Gasteiger partial charge in [0.15, 0.2) is 11.6 Å². The second kappa shape index (κ2) is 4.20. The van der Waals surface area contributed by atoms with E-state index in [0.29, 0.717) is 12.5 Å². The summed E-state index contributed by atoms with van der Waals surface area (Å²) >= 11 is 0. The second-order valence-electron chi connectivity index (χ2n) is 4.16. The first-order valence-corrected chi connectivity index (χ1v) is 5.24. The summed E-state index contributed by atoms with van der Waals surface area (Å²) in [5.74, 6) is -1.24. The number of ether oxygens (including phenoxy) is 1. The van der Waals surface area contributed by atoms with Gasteiger partial charge in [0.2, 0.25) is 5.90 Å². The van der Waals surface area contributed by atoms with Crippen LogP contribution in [0.15, 0.2) is 23.2 Å². The van der Waals surface area contributed by atoms with E-state index in [1.807, 2.05) is 13.8 Å². The Hall–Kier alpha value is -1.45. The first kappa shape index (κ1) is 11.0. The number of hydrogen-bond donors (Lipinski definition) is 0. The highest BCUT2D eigenvalue weighted by molar-refractivity contribution is 5.95. The Kier molecular flexibility index (Phi) is 2.90. The molecule has 0 fully saturated rings. The Balaban J connectivity index is 2.32. The molecule has 0 saturated heterocycles. The van der Waals surface area contributed by atoms with Gasteiger partial charge in [-0.25, -0.2) is 13.8 Å². The molecule has 0 unspecified atom stereocenters. The lowest BCUT2D eigenvalue weighted by Gasteiger charge is -2.06. The molecule has 0 aliphatic carbocycles. The van der Waals surface area contributed by atoms with Crippen LogP contribution in [0.4, 0.5) is 8.78 Å². The van der Waals surface area contributed by atoms with Gasteiger partial charge < -0.3 is 4.74 Å². The maximum Gasteiger partial charge on any atom is 0.219 e. The van der Waals surface area contributed by atoms with Crippen LogP contribution in [0, 0.1) is 17.6 Å². The molecule has 16 heavy (non-hydrogen) atoms. The van der Waals surface area contributed by atoms with Gasteiger partial charge >= 0.3 is 0 Å². The summed E-state index contributed by atoms with van der Waals surface area (Å²) in [6, 6.07) is 4.02. The number of hydrogen-bond acceptors (Lipinski definition) is 2. The minimum Gasteiger partial charge on any atom is -0.475 e. The standard InChI is InChI=1S/C12H13F2NO/c1-7(2)10-6-16-12(15-10)8-4-3-5-9(13)11(8)14/h3-5,7,10H,6H2,1-2H3/t10-/m1/s1. The smallest absolute Gasteiger partial charge is 0.219 e. The molecule has 0 bridgehead atoms. The fourth-order valence-corrected chi connectivity index (χ4v) is 1.55. The fourth-order valence-electron chi connectivity index (χ4n) is 1.55. The minimum atomic E-state index is -0.898. The Morgan fingerprint density at radius 1 is 1.38 bits per heavy atom. The normalized spacial score (nSPS) is 19.8. The van der Waals surface area contributed by atoms with Crippen LogP contribution in [0.1, 0.15) is 19.4 Å². The zero-order valence-electron chi connectivity index (χ0n) is 9.21. The van der Waals surface area contributed by atoms with E-state index in [2.05, 4.69) is 4.99 Å². The molecule has 4 heteroatoms. The summed E-state index contributed by atoms with van der Waals surface area (Å²) in [6.07, 6.45) is 0. The van der Waals surface area contributed by atoms with Crippen LogP contribution in [-0.2, 0) is 4.74 Å². The van der Waals surface area contributed by atoms with E-state index in [1.54, 1.807) is 0 Å². The van der Waals surface area contributed by atoms with Crippen molar-refractivity contribution < 1.29 is 13.5 Å². The van der Waals surface area contributed by atoms with Gasteiger partial charge in [0, 0.05) is 0 Å². The van der Waals surface area contributed by atoms with Crippen LogP contribution in [-0.4, -0.2) is 18.5 Å². The van der Waals surface area contributed by atoms with Crippen molar-refractivity contribution in [1.29, 1.82) is 0 Å². The molecule has 86 valence electrons. The SMILES string of the molecule is CC(C)[C@H]1COC(c2cccc(F)c2F)=N1. The lowest BCUT2D eigenvalue weighted by Crippen LogP contribution is -2.13. The van der Waals surface area contributed by atoms with Crippen molar-refractivity contribution in [2.45, 2.75) is 19.9 Å². The molecule has 0 aromatic heterocycles. The van der Waals surface area contributed by atoms with Gasteiger partial charge in [0.1, 0.15) is 6.61 Å². The molecule has 0 amide bonds. The Morgan fingerprint density at radius 3 is 2.75 bits per heavy atom. The highest BCUT2D eigenvalue weighted by atomic mass is 19.2. The van der Waals surface area contributed by atoms with Crippen molar-refractivity contribution in [1.82, 2.24) is 0 Å². The number of aliphatic imine (C=N–C) groups is 1. The number of benzene rings is 1. The van der Waals surface area contributed by atoms with Crippen molar-refractivity contribution in [3.63, 3.8) is 0 Å². The van der Waals surface area contributed by atoms with E-state index in [4.69, 9.17) is 4.74 Å². The summed E-state index contributed by atoms with van der Waals surface area (Å²) in [7, 11) is 0. The Labute approximate surface area is 93.0 Å². The topological polar surface area (TPSA) is 21.6 Å². The molecule has 1 atom stereocenters. The van der Waals surface area contributed by atoms with Crippen LogP contribution in [0.3, 0.4) is 0 Å². The summed E-state index contributed by atoms with van der Waals surface area (Å²) in [5, 5.41) is 0. The predicted molar refractivity (Wildman–Crippen MR) is 57.5 cm³/mol. The Bertz CT molecular complexity index is 429. The number of halogens is 2. The van der Waals surface area contributed by atoms with E-state index >= 15 is 0 Å². The first-order valence-electron chi connectivity index (χ1n) is 5.24. The highest BCUT2D eigenvalue weighted by Gasteiger charge is 2.25. The predicted octanol–water partition coefficient (Wildman–Crippen LogP) is 2.77. The summed E-state index contributed by atoms with van der Waals surface area (Å²) in [6.45, 7) is 4.47. The maximum absolute atomic E-state index is 13.4. The van der Waals surface area contributed by atoms with Gasteiger partial charge in [-0.2, -0.15) is 0 Å². The van der Waals surface area contributed by atoms with Crippen molar-refractivity contribution in [2.75, 3.05) is 6.61 Å². The molecule has 1 heterocycles. The Morgan fingerprint density at radius 2 is 2.12 bits per heavy atom. The third kappa shape index (κ3) is 1.92. The average molecular weight is 225 g/mol. The van der Waals surface area contributed by atoms with Gasteiger partial charge in [-0.05, 0) is 18.1 Å².